The van der Waals surface area contributed by atoms with Gasteiger partial charge in [0.05, 0.1) is 11.0 Å². The highest BCUT2D eigenvalue weighted by Gasteiger charge is 2.42. The zero-order valence-electron chi connectivity index (χ0n) is 12.7. The largest absolute Gasteiger partial charge is 0.481 e. The minimum absolute atomic E-state index is 0.142. The third kappa shape index (κ3) is 2.40. The van der Waals surface area contributed by atoms with Crippen molar-refractivity contribution in [3.8, 4) is 0 Å². The molecule has 7 heteroatoms. The second kappa shape index (κ2) is 5.77. The molecule has 1 heterocycles. The van der Waals surface area contributed by atoms with Crippen LogP contribution in [0, 0.1) is 10.1 Å². The van der Waals surface area contributed by atoms with E-state index >= 15 is 0 Å². The number of nitrogens with zero attached hydrogens (tertiary/aromatic N) is 2. The van der Waals surface area contributed by atoms with E-state index in [-0.39, 0.29) is 11.6 Å². The van der Waals surface area contributed by atoms with Gasteiger partial charge in [-0.15, -0.1) is 0 Å². The first-order valence-corrected chi connectivity index (χ1v) is 7.25. The van der Waals surface area contributed by atoms with Gasteiger partial charge in [0.25, 0.3) is 11.6 Å². The summed E-state index contributed by atoms with van der Waals surface area (Å²) in [6, 6.07) is 11.5. The van der Waals surface area contributed by atoms with E-state index in [0.29, 0.717) is 16.7 Å². The van der Waals surface area contributed by atoms with Gasteiger partial charge in [-0.2, -0.15) is 0 Å². The summed E-state index contributed by atoms with van der Waals surface area (Å²) in [6.45, 7) is 0. The number of nitro benzene ring substituents is 1. The van der Waals surface area contributed by atoms with Crippen molar-refractivity contribution in [3.05, 3.63) is 75.3 Å². The van der Waals surface area contributed by atoms with Crippen LogP contribution < -0.4 is 0 Å². The van der Waals surface area contributed by atoms with Gasteiger partial charge in [-0.3, -0.25) is 19.7 Å². The molecule has 1 aliphatic heterocycles. The number of fused-ring (bicyclic) bond motifs is 1. The molecule has 0 radical (unpaired) electrons. The number of rotatable bonds is 3. The lowest BCUT2D eigenvalue weighted by Gasteiger charge is -2.38. The molecule has 122 valence electrons. The Morgan fingerprint density at radius 2 is 1.92 bits per heavy atom. The van der Waals surface area contributed by atoms with Crippen molar-refractivity contribution < 1.29 is 19.6 Å². The van der Waals surface area contributed by atoms with Crippen LogP contribution in [0.5, 0.6) is 0 Å². The van der Waals surface area contributed by atoms with E-state index in [2.05, 4.69) is 0 Å². The van der Waals surface area contributed by atoms with Gasteiger partial charge in [-0.25, -0.2) is 0 Å². The molecule has 7 nitrogen and oxygen atoms in total. The molecular weight excluding hydrogens is 312 g/mol. The molecule has 0 fully saturated rings. The summed E-state index contributed by atoms with van der Waals surface area (Å²) in [4.78, 5) is 36.3. The highest BCUT2D eigenvalue weighted by Crippen LogP contribution is 2.42. The van der Waals surface area contributed by atoms with Gasteiger partial charge in [0.15, 0.2) is 0 Å². The van der Waals surface area contributed by atoms with Gasteiger partial charge >= 0.3 is 5.97 Å². The first-order valence-electron chi connectivity index (χ1n) is 7.25. The van der Waals surface area contributed by atoms with Gasteiger partial charge in [0, 0.05) is 24.7 Å². The molecular formula is C17H14N2O5. The molecule has 0 bridgehead atoms. The average Bonchev–Trinajstić information content (AvgIpc) is 2.57. The number of carbonyl (C=O) groups excluding carboxylic acids is 1. The maximum atomic E-state index is 12.6. The number of hydrogen-bond acceptors (Lipinski definition) is 4. The molecule has 1 aliphatic rings. The number of carboxylic acid groups (broad SMARTS) is 1. The van der Waals surface area contributed by atoms with E-state index in [9.17, 15) is 24.8 Å². The van der Waals surface area contributed by atoms with Crippen LogP contribution in [0.15, 0.2) is 48.5 Å². The van der Waals surface area contributed by atoms with Crippen LogP contribution in [0.3, 0.4) is 0 Å². The summed E-state index contributed by atoms with van der Waals surface area (Å²) in [7, 11) is 1.51. The van der Waals surface area contributed by atoms with Gasteiger partial charge in [0.2, 0.25) is 0 Å². The second-order valence-electron chi connectivity index (χ2n) is 5.62. The summed E-state index contributed by atoms with van der Waals surface area (Å²) in [5.74, 6) is -2.39. The van der Waals surface area contributed by atoms with Gasteiger partial charge in [-0.05, 0) is 17.2 Å². The van der Waals surface area contributed by atoms with Gasteiger partial charge in [-0.1, -0.05) is 30.3 Å². The Morgan fingerprint density at radius 3 is 2.58 bits per heavy atom. The predicted molar refractivity (Wildman–Crippen MR) is 84.7 cm³/mol. The Labute approximate surface area is 137 Å². The minimum atomic E-state index is -1.08. The Morgan fingerprint density at radius 1 is 1.21 bits per heavy atom. The fraction of sp³-hybridized carbons (Fsp3) is 0.176. The summed E-state index contributed by atoms with van der Waals surface area (Å²) in [6.07, 6.45) is 0. The normalized spacial score (nSPS) is 19.7. The van der Waals surface area contributed by atoms with Crippen molar-refractivity contribution in [3.63, 3.8) is 0 Å². The monoisotopic (exact) mass is 326 g/mol. The van der Waals surface area contributed by atoms with Crippen molar-refractivity contribution in [2.75, 3.05) is 7.05 Å². The van der Waals surface area contributed by atoms with E-state index in [0.717, 1.165) is 0 Å². The van der Waals surface area contributed by atoms with Crippen molar-refractivity contribution in [2.45, 2.75) is 12.0 Å². The molecule has 0 saturated carbocycles. The Bertz CT molecular complexity index is 848. The molecule has 0 aromatic heterocycles. The van der Waals surface area contributed by atoms with Crippen molar-refractivity contribution in [2.24, 2.45) is 0 Å². The number of non-ortho nitro benzene ring substituents is 1. The highest BCUT2D eigenvalue weighted by molar-refractivity contribution is 6.00. The molecule has 0 unspecified atom stereocenters. The van der Waals surface area contributed by atoms with Crippen LogP contribution in [-0.2, 0) is 4.79 Å². The van der Waals surface area contributed by atoms with Gasteiger partial charge < -0.3 is 10.0 Å². The lowest BCUT2D eigenvalue weighted by Crippen LogP contribution is -2.42. The second-order valence-corrected chi connectivity index (χ2v) is 5.62. The number of aliphatic carboxylic acids is 1. The van der Waals surface area contributed by atoms with Crippen LogP contribution in [0.4, 0.5) is 5.69 Å². The molecule has 0 saturated heterocycles. The predicted octanol–water partition coefficient (Wildman–Crippen LogP) is 2.59. The van der Waals surface area contributed by atoms with E-state index in [1.165, 1.54) is 30.1 Å². The summed E-state index contributed by atoms with van der Waals surface area (Å²) < 4.78 is 0. The Balaban J connectivity index is 2.19. The van der Waals surface area contributed by atoms with Crippen LogP contribution in [0.25, 0.3) is 0 Å². The molecule has 0 aliphatic carbocycles. The zero-order chi connectivity index (χ0) is 17.4. The first kappa shape index (κ1) is 15.7. The number of benzene rings is 2. The van der Waals surface area contributed by atoms with Crippen molar-refractivity contribution in [1.29, 1.82) is 0 Å². The van der Waals surface area contributed by atoms with E-state index in [1.807, 2.05) is 0 Å². The zero-order valence-corrected chi connectivity index (χ0v) is 12.7. The molecule has 2 atom stereocenters. The lowest BCUT2D eigenvalue weighted by molar-refractivity contribution is -0.385. The molecule has 24 heavy (non-hydrogen) atoms. The number of amides is 1. The first-order chi connectivity index (χ1) is 11.4. The number of likely N-dealkylation sites (N-methyl/N-ethyl adjacent to an activating group) is 1. The molecule has 2 aromatic carbocycles. The van der Waals surface area contributed by atoms with E-state index < -0.39 is 22.9 Å². The molecule has 2 aromatic rings. The molecule has 0 spiro atoms. The van der Waals surface area contributed by atoms with Crippen LogP contribution in [0.1, 0.15) is 33.4 Å². The number of carbonyl (C=O) groups is 2. The minimum Gasteiger partial charge on any atom is -0.481 e. The SMILES string of the molecule is CN1C(=O)c2ccccc2[C@@H](C(=O)O)[C@H]1c1cccc([N+](=O)[O-])c1. The summed E-state index contributed by atoms with van der Waals surface area (Å²) in [5.41, 5.74) is 1.04. The average molecular weight is 326 g/mol. The van der Waals surface area contributed by atoms with Crippen LogP contribution in [-0.4, -0.2) is 33.9 Å². The third-order valence-corrected chi connectivity index (χ3v) is 4.27. The lowest BCUT2D eigenvalue weighted by atomic mass is 9.80. The fourth-order valence-corrected chi connectivity index (χ4v) is 3.18. The van der Waals surface area contributed by atoms with Crippen molar-refractivity contribution in [1.82, 2.24) is 4.90 Å². The van der Waals surface area contributed by atoms with Crippen molar-refractivity contribution >= 4 is 17.6 Å². The number of nitro groups is 1. The maximum absolute atomic E-state index is 12.6. The van der Waals surface area contributed by atoms with Crippen LogP contribution in [0.2, 0.25) is 0 Å². The third-order valence-electron chi connectivity index (χ3n) is 4.27. The standard InChI is InChI=1S/C17H14N2O5/c1-18-15(10-5-4-6-11(9-10)19(23)24)14(17(21)22)12-7-2-3-8-13(12)16(18)20/h2-9,14-15H,1H3,(H,21,22)/t14-,15-/m1/s1. The number of hydrogen-bond donors (Lipinski definition) is 1. The Kier molecular flexibility index (Phi) is 3.76. The quantitative estimate of drug-likeness (QED) is 0.690. The maximum Gasteiger partial charge on any atom is 0.313 e. The van der Waals surface area contributed by atoms with Crippen LogP contribution >= 0.6 is 0 Å². The molecule has 3 rings (SSSR count). The van der Waals surface area contributed by atoms with E-state index in [4.69, 9.17) is 0 Å². The topological polar surface area (TPSA) is 101 Å². The van der Waals surface area contributed by atoms with Gasteiger partial charge in [0.1, 0.15) is 5.92 Å². The van der Waals surface area contributed by atoms with E-state index in [1.54, 1.807) is 30.3 Å². The molecule has 1 amide bonds. The smallest absolute Gasteiger partial charge is 0.313 e. The fourth-order valence-electron chi connectivity index (χ4n) is 3.18. The number of carboxylic acids is 1. The summed E-state index contributed by atoms with van der Waals surface area (Å²) in [5, 5.41) is 20.7. The Hall–Kier alpha value is -3.22. The highest BCUT2D eigenvalue weighted by atomic mass is 16.6. The molecule has 1 N–H and O–H groups in total. The summed E-state index contributed by atoms with van der Waals surface area (Å²) >= 11 is 0.